The molecule has 0 amide bonds. The molecule has 1 aromatic rings. The van der Waals surface area contributed by atoms with Crippen LogP contribution in [-0.4, -0.2) is 26.0 Å². The Kier molecular flexibility index (Phi) is 6.04. The van der Waals surface area contributed by atoms with E-state index in [1.807, 2.05) is 13.0 Å². The second kappa shape index (κ2) is 7.00. The van der Waals surface area contributed by atoms with E-state index < -0.39 is 8.32 Å². The fourth-order valence-electron chi connectivity index (χ4n) is 1.83. The van der Waals surface area contributed by atoms with Crippen molar-refractivity contribution < 1.29 is 9.16 Å². The minimum Gasteiger partial charge on any atom is -0.486 e. The highest BCUT2D eigenvalue weighted by Crippen LogP contribution is 2.36. The Balaban J connectivity index is 2.71. The Morgan fingerprint density at radius 3 is 2.32 bits per heavy atom. The van der Waals surface area contributed by atoms with Crippen molar-refractivity contribution >= 4 is 14.0 Å². The van der Waals surface area contributed by atoms with Crippen LogP contribution in [0.15, 0.2) is 12.3 Å². The molecule has 0 aliphatic rings. The molecule has 0 saturated carbocycles. The molecule has 1 heterocycles. The first-order chi connectivity index (χ1) is 9.95. The van der Waals surface area contributed by atoms with Gasteiger partial charge < -0.3 is 14.9 Å². The highest BCUT2D eigenvalue weighted by Gasteiger charge is 2.37. The van der Waals surface area contributed by atoms with Crippen molar-refractivity contribution in [3.8, 4) is 5.75 Å². The van der Waals surface area contributed by atoms with Gasteiger partial charge in [0.2, 0.25) is 0 Å². The van der Waals surface area contributed by atoms with Crippen LogP contribution in [0.25, 0.3) is 0 Å². The lowest BCUT2D eigenvalue weighted by Gasteiger charge is -2.37. The third kappa shape index (κ3) is 4.71. The fraction of sp³-hybridized carbons (Fsp3) is 0.706. The molecule has 5 heteroatoms. The first-order valence-electron chi connectivity index (χ1n) is 8.00. The summed E-state index contributed by atoms with van der Waals surface area (Å²) in [5.74, 6) is 0.979. The Bertz CT molecular complexity index is 496. The molecule has 0 aromatic carbocycles. The molecule has 0 bridgehead atoms. The number of rotatable bonds is 6. The summed E-state index contributed by atoms with van der Waals surface area (Å²) >= 11 is 0. The lowest BCUT2D eigenvalue weighted by molar-refractivity contribution is 0.134. The van der Waals surface area contributed by atoms with E-state index in [2.05, 4.69) is 52.7 Å². The maximum atomic E-state index is 6.20. The SMILES string of the molecule is CC(CO[Si](C)(C)C(C)(C)C)Oc1ccnc(C(C)C)c1N. The van der Waals surface area contributed by atoms with Gasteiger partial charge in [0.1, 0.15) is 11.9 Å². The molecule has 0 fully saturated rings. The zero-order valence-electron chi connectivity index (χ0n) is 15.4. The number of aromatic nitrogens is 1. The molecule has 1 rings (SSSR count). The van der Waals surface area contributed by atoms with Gasteiger partial charge in [0, 0.05) is 12.3 Å². The van der Waals surface area contributed by atoms with Gasteiger partial charge >= 0.3 is 0 Å². The molecule has 2 N–H and O–H groups in total. The maximum absolute atomic E-state index is 6.20. The molecule has 1 atom stereocenters. The van der Waals surface area contributed by atoms with Crippen LogP contribution in [0.3, 0.4) is 0 Å². The molecule has 1 aromatic heterocycles. The quantitative estimate of drug-likeness (QED) is 0.778. The number of hydrogen-bond donors (Lipinski definition) is 1. The highest BCUT2D eigenvalue weighted by molar-refractivity contribution is 6.74. The molecule has 0 radical (unpaired) electrons. The first kappa shape index (κ1) is 19.0. The Morgan fingerprint density at radius 1 is 1.23 bits per heavy atom. The smallest absolute Gasteiger partial charge is 0.192 e. The molecular weight excluding hydrogens is 292 g/mol. The second-order valence-electron chi connectivity index (χ2n) is 7.76. The molecule has 4 nitrogen and oxygen atoms in total. The molecule has 0 aliphatic carbocycles. The zero-order chi connectivity index (χ0) is 17.1. The minimum atomic E-state index is -1.75. The molecule has 22 heavy (non-hydrogen) atoms. The van der Waals surface area contributed by atoms with Gasteiger partial charge in [-0.25, -0.2) is 0 Å². The Labute approximate surface area is 136 Å². The molecule has 126 valence electrons. The van der Waals surface area contributed by atoms with E-state index in [1.54, 1.807) is 6.20 Å². The van der Waals surface area contributed by atoms with Crippen LogP contribution in [0.2, 0.25) is 18.1 Å². The van der Waals surface area contributed by atoms with Gasteiger partial charge in [-0.05, 0) is 31.0 Å². The Hall–Kier alpha value is -1.07. The standard InChI is InChI=1S/C17H32N2O2Si/c1-12(2)16-15(18)14(9-10-19-16)21-13(3)11-20-22(7,8)17(4,5)6/h9-10,12-13H,11,18H2,1-8H3. The van der Waals surface area contributed by atoms with Crippen LogP contribution in [0.5, 0.6) is 5.75 Å². The predicted octanol–water partition coefficient (Wildman–Crippen LogP) is 4.58. The van der Waals surface area contributed by atoms with Crippen molar-refractivity contribution in [2.24, 2.45) is 0 Å². The van der Waals surface area contributed by atoms with Crippen molar-refractivity contribution in [1.82, 2.24) is 4.98 Å². The normalized spacial score (nSPS) is 14.2. The maximum Gasteiger partial charge on any atom is 0.192 e. The molecule has 0 saturated heterocycles. The van der Waals surface area contributed by atoms with Crippen LogP contribution in [0.4, 0.5) is 5.69 Å². The summed E-state index contributed by atoms with van der Waals surface area (Å²) in [4.78, 5) is 4.33. The van der Waals surface area contributed by atoms with Crippen LogP contribution < -0.4 is 10.5 Å². The van der Waals surface area contributed by atoms with Crippen molar-refractivity contribution in [3.63, 3.8) is 0 Å². The summed E-state index contributed by atoms with van der Waals surface area (Å²) in [5.41, 5.74) is 7.68. The lowest BCUT2D eigenvalue weighted by atomic mass is 10.1. The Morgan fingerprint density at radius 2 is 1.82 bits per heavy atom. The average molecular weight is 325 g/mol. The van der Waals surface area contributed by atoms with E-state index in [0.717, 1.165) is 5.69 Å². The van der Waals surface area contributed by atoms with E-state index in [-0.39, 0.29) is 17.1 Å². The number of nitrogens with zero attached hydrogens (tertiary/aromatic N) is 1. The average Bonchev–Trinajstić information content (AvgIpc) is 2.37. The van der Waals surface area contributed by atoms with Gasteiger partial charge in [0.15, 0.2) is 8.32 Å². The first-order valence-corrected chi connectivity index (χ1v) is 10.9. The minimum absolute atomic E-state index is 0.0427. The topological polar surface area (TPSA) is 57.4 Å². The molecule has 1 unspecified atom stereocenters. The predicted molar refractivity (Wildman–Crippen MR) is 96.0 cm³/mol. The van der Waals surface area contributed by atoms with E-state index in [1.165, 1.54) is 0 Å². The number of hydrogen-bond acceptors (Lipinski definition) is 4. The number of pyridine rings is 1. The van der Waals surface area contributed by atoms with Crippen molar-refractivity contribution in [2.45, 2.75) is 71.7 Å². The van der Waals surface area contributed by atoms with E-state index in [9.17, 15) is 0 Å². The summed E-state index contributed by atoms with van der Waals surface area (Å²) in [6, 6.07) is 1.82. The summed E-state index contributed by atoms with van der Waals surface area (Å²) in [6.45, 7) is 18.0. The van der Waals surface area contributed by atoms with Gasteiger partial charge in [-0.1, -0.05) is 34.6 Å². The molecule has 0 spiro atoms. The van der Waals surface area contributed by atoms with Gasteiger partial charge in [0.05, 0.1) is 18.0 Å². The van der Waals surface area contributed by atoms with Crippen LogP contribution >= 0.6 is 0 Å². The van der Waals surface area contributed by atoms with Crippen molar-refractivity contribution in [2.75, 3.05) is 12.3 Å². The van der Waals surface area contributed by atoms with Crippen molar-refractivity contribution in [1.29, 1.82) is 0 Å². The van der Waals surface area contributed by atoms with Gasteiger partial charge in [-0.15, -0.1) is 0 Å². The fourth-order valence-corrected chi connectivity index (χ4v) is 2.91. The number of nitrogen functional groups attached to an aromatic ring is 1. The largest absolute Gasteiger partial charge is 0.486 e. The van der Waals surface area contributed by atoms with Crippen molar-refractivity contribution in [3.05, 3.63) is 18.0 Å². The third-order valence-corrected chi connectivity index (χ3v) is 8.84. The highest BCUT2D eigenvalue weighted by atomic mass is 28.4. The summed E-state index contributed by atoms with van der Waals surface area (Å²) < 4.78 is 12.2. The van der Waals surface area contributed by atoms with E-state index >= 15 is 0 Å². The third-order valence-electron chi connectivity index (χ3n) is 4.34. The monoisotopic (exact) mass is 324 g/mol. The number of nitrogens with two attached hydrogens (primary N) is 1. The zero-order valence-corrected chi connectivity index (χ0v) is 16.4. The van der Waals surface area contributed by atoms with Gasteiger partial charge in [0.25, 0.3) is 0 Å². The molecule has 0 aliphatic heterocycles. The van der Waals surface area contributed by atoms with Gasteiger partial charge in [-0.3, -0.25) is 4.98 Å². The summed E-state index contributed by atoms with van der Waals surface area (Å²) in [6.07, 6.45) is 1.71. The summed E-state index contributed by atoms with van der Waals surface area (Å²) in [5, 5.41) is 0.202. The number of anilines is 1. The van der Waals surface area contributed by atoms with Gasteiger partial charge in [-0.2, -0.15) is 0 Å². The number of ether oxygens (including phenoxy) is 1. The van der Waals surface area contributed by atoms with Crippen LogP contribution in [-0.2, 0) is 4.43 Å². The molecular formula is C17H32N2O2Si. The van der Waals surface area contributed by atoms with E-state index in [0.29, 0.717) is 18.0 Å². The second-order valence-corrected chi connectivity index (χ2v) is 12.6. The lowest BCUT2D eigenvalue weighted by Crippen LogP contribution is -2.43. The van der Waals surface area contributed by atoms with E-state index in [4.69, 9.17) is 14.9 Å². The summed E-state index contributed by atoms with van der Waals surface area (Å²) in [7, 11) is -1.75. The van der Waals surface area contributed by atoms with Crippen LogP contribution in [0.1, 0.15) is 53.2 Å². The van der Waals surface area contributed by atoms with Crippen LogP contribution in [0, 0.1) is 0 Å².